The van der Waals surface area contributed by atoms with Gasteiger partial charge in [-0.25, -0.2) is 4.79 Å². The van der Waals surface area contributed by atoms with E-state index in [0.29, 0.717) is 24.2 Å². The maximum Gasteiger partial charge on any atom is 0.315 e. The van der Waals surface area contributed by atoms with Crippen molar-refractivity contribution in [2.24, 2.45) is 0 Å². The molecule has 2 unspecified atom stereocenters. The number of nitrogens with zero attached hydrogens (tertiary/aromatic N) is 1. The quantitative estimate of drug-likeness (QED) is 0.639. The van der Waals surface area contributed by atoms with E-state index in [-0.39, 0.29) is 23.9 Å². The molecule has 0 aliphatic carbocycles. The third-order valence-electron chi connectivity index (χ3n) is 5.59. The predicted octanol–water partition coefficient (Wildman–Crippen LogP) is 3.32. The summed E-state index contributed by atoms with van der Waals surface area (Å²) in [6, 6.07) is 12.1. The first kappa shape index (κ1) is 21.2. The molecule has 2 aliphatic heterocycles. The van der Waals surface area contributed by atoms with Gasteiger partial charge < -0.3 is 20.9 Å². The largest absolute Gasteiger partial charge is 0.336 e. The second kappa shape index (κ2) is 8.63. The number of carbonyl (C=O) groups excluding carboxylic acids is 3. The van der Waals surface area contributed by atoms with Gasteiger partial charge in [0.2, 0.25) is 5.91 Å². The van der Waals surface area contributed by atoms with Crippen LogP contribution in [0.3, 0.4) is 0 Å². The summed E-state index contributed by atoms with van der Waals surface area (Å²) in [5, 5.41) is 8.52. The normalized spacial score (nSPS) is 20.1. The van der Waals surface area contributed by atoms with Gasteiger partial charge >= 0.3 is 6.03 Å². The average molecular weight is 439 g/mol. The molecular weight excluding hydrogens is 412 g/mol. The van der Waals surface area contributed by atoms with E-state index in [1.807, 2.05) is 56.5 Å². The summed E-state index contributed by atoms with van der Waals surface area (Å²) in [5.74, 6) is -0.481. The summed E-state index contributed by atoms with van der Waals surface area (Å²) in [7, 11) is 0. The molecule has 1 saturated heterocycles. The van der Waals surface area contributed by atoms with E-state index in [9.17, 15) is 14.4 Å². The number of hydrogen-bond acceptors (Lipinski definition) is 4. The standard InChI is InChI=1S/C23H26N4O3S/c1-13(2)24-23(30)26-19-10-11-27-20(19)21(28)25-18-9-6-15(12-17(18)22(27)29)14-4-7-16(31-3)8-5-14/h4-9,12-13,19-20H,10-11H2,1-3H3,(H,25,28)(H2,24,26,30). The van der Waals surface area contributed by atoms with Gasteiger partial charge in [0.15, 0.2) is 0 Å². The number of benzene rings is 2. The minimum absolute atomic E-state index is 0.0187. The first-order valence-electron chi connectivity index (χ1n) is 10.3. The molecule has 7 nitrogen and oxygen atoms in total. The van der Waals surface area contributed by atoms with Crippen molar-refractivity contribution in [2.75, 3.05) is 18.1 Å². The Morgan fingerprint density at radius 1 is 1.13 bits per heavy atom. The molecule has 2 aromatic rings. The van der Waals surface area contributed by atoms with Crippen molar-refractivity contribution in [3.8, 4) is 11.1 Å². The van der Waals surface area contributed by atoms with Crippen LogP contribution in [0.15, 0.2) is 47.4 Å². The molecule has 0 radical (unpaired) electrons. The number of carbonyl (C=O) groups is 3. The molecule has 0 saturated carbocycles. The highest BCUT2D eigenvalue weighted by molar-refractivity contribution is 7.98. The zero-order valence-corrected chi connectivity index (χ0v) is 18.6. The summed E-state index contributed by atoms with van der Waals surface area (Å²) in [4.78, 5) is 41.2. The van der Waals surface area contributed by atoms with Crippen LogP contribution < -0.4 is 16.0 Å². The van der Waals surface area contributed by atoms with Crippen LogP contribution in [-0.2, 0) is 4.79 Å². The van der Waals surface area contributed by atoms with Crippen LogP contribution in [0.2, 0.25) is 0 Å². The second-order valence-corrected chi connectivity index (χ2v) is 8.97. The van der Waals surface area contributed by atoms with Crippen molar-refractivity contribution < 1.29 is 14.4 Å². The fraction of sp³-hybridized carbons (Fsp3) is 0.348. The highest BCUT2D eigenvalue weighted by Gasteiger charge is 2.45. The number of fused-ring (bicyclic) bond motifs is 2. The minimum Gasteiger partial charge on any atom is -0.336 e. The highest BCUT2D eigenvalue weighted by Crippen LogP contribution is 2.32. The monoisotopic (exact) mass is 438 g/mol. The minimum atomic E-state index is -0.734. The summed E-state index contributed by atoms with van der Waals surface area (Å²) in [5.41, 5.74) is 2.89. The Balaban J connectivity index is 1.61. The average Bonchev–Trinajstić information content (AvgIpc) is 3.12. The topological polar surface area (TPSA) is 90.5 Å². The number of nitrogens with one attached hydrogen (secondary N) is 3. The van der Waals surface area contributed by atoms with Crippen molar-refractivity contribution in [3.63, 3.8) is 0 Å². The number of thioether (sulfide) groups is 1. The van der Waals surface area contributed by atoms with Crippen LogP contribution >= 0.6 is 11.8 Å². The predicted molar refractivity (Wildman–Crippen MR) is 122 cm³/mol. The van der Waals surface area contributed by atoms with Crippen LogP contribution in [0, 0.1) is 0 Å². The van der Waals surface area contributed by atoms with Gasteiger partial charge in [-0.15, -0.1) is 11.8 Å². The van der Waals surface area contributed by atoms with Gasteiger partial charge in [-0.05, 0) is 61.9 Å². The fourth-order valence-corrected chi connectivity index (χ4v) is 4.53. The Bertz CT molecular complexity index is 1020. The lowest BCUT2D eigenvalue weighted by Gasteiger charge is -2.25. The van der Waals surface area contributed by atoms with Crippen molar-refractivity contribution >= 4 is 35.3 Å². The van der Waals surface area contributed by atoms with E-state index in [1.165, 1.54) is 4.90 Å². The maximum atomic E-state index is 13.4. The van der Waals surface area contributed by atoms with Gasteiger partial charge in [0.1, 0.15) is 6.04 Å². The van der Waals surface area contributed by atoms with Crippen LogP contribution in [0.1, 0.15) is 30.6 Å². The number of hydrogen-bond donors (Lipinski definition) is 3. The van der Waals surface area contributed by atoms with Gasteiger partial charge in [0.05, 0.1) is 17.3 Å². The zero-order valence-electron chi connectivity index (χ0n) is 17.8. The summed E-state index contributed by atoms with van der Waals surface area (Å²) in [6.07, 6.45) is 2.56. The second-order valence-electron chi connectivity index (χ2n) is 8.09. The number of amides is 4. The van der Waals surface area contributed by atoms with Crippen molar-refractivity contribution in [3.05, 3.63) is 48.0 Å². The van der Waals surface area contributed by atoms with E-state index in [2.05, 4.69) is 16.0 Å². The molecule has 0 bridgehead atoms. The molecule has 2 aromatic carbocycles. The maximum absolute atomic E-state index is 13.4. The van der Waals surface area contributed by atoms with Crippen molar-refractivity contribution in [1.29, 1.82) is 0 Å². The summed E-state index contributed by atoms with van der Waals surface area (Å²) >= 11 is 1.67. The molecule has 31 heavy (non-hydrogen) atoms. The first-order chi connectivity index (χ1) is 14.9. The molecule has 2 heterocycles. The Kier molecular flexibility index (Phi) is 5.91. The van der Waals surface area contributed by atoms with Crippen LogP contribution in [0.5, 0.6) is 0 Å². The highest BCUT2D eigenvalue weighted by atomic mass is 32.2. The van der Waals surface area contributed by atoms with Gasteiger partial charge in [0.25, 0.3) is 5.91 Å². The molecule has 4 rings (SSSR count). The zero-order chi connectivity index (χ0) is 22.1. The molecule has 2 aliphatic rings. The lowest BCUT2D eigenvalue weighted by atomic mass is 10.0. The van der Waals surface area contributed by atoms with Gasteiger partial charge in [-0.2, -0.15) is 0 Å². The van der Waals surface area contributed by atoms with E-state index in [4.69, 9.17) is 0 Å². The Morgan fingerprint density at radius 3 is 2.52 bits per heavy atom. The van der Waals surface area contributed by atoms with Crippen LogP contribution in [0.25, 0.3) is 11.1 Å². The van der Waals surface area contributed by atoms with Crippen molar-refractivity contribution in [2.45, 2.75) is 43.3 Å². The van der Waals surface area contributed by atoms with Gasteiger partial charge in [-0.3, -0.25) is 9.59 Å². The molecule has 3 N–H and O–H groups in total. The number of rotatable bonds is 4. The third kappa shape index (κ3) is 4.25. The number of urea groups is 1. The molecule has 162 valence electrons. The Hall–Kier alpha value is -3.00. The molecule has 4 amide bonds. The molecule has 8 heteroatoms. The van der Waals surface area contributed by atoms with Gasteiger partial charge in [0, 0.05) is 17.5 Å². The molecular formula is C23H26N4O3S. The van der Waals surface area contributed by atoms with E-state index < -0.39 is 12.1 Å². The Morgan fingerprint density at radius 2 is 1.84 bits per heavy atom. The van der Waals surface area contributed by atoms with Crippen LogP contribution in [0.4, 0.5) is 10.5 Å². The molecule has 1 fully saturated rings. The number of anilines is 1. The molecule has 0 aromatic heterocycles. The van der Waals surface area contributed by atoms with Crippen molar-refractivity contribution in [1.82, 2.24) is 15.5 Å². The fourth-order valence-electron chi connectivity index (χ4n) is 4.12. The van der Waals surface area contributed by atoms with E-state index in [1.54, 1.807) is 22.7 Å². The van der Waals surface area contributed by atoms with E-state index in [0.717, 1.165) is 11.1 Å². The van der Waals surface area contributed by atoms with E-state index >= 15 is 0 Å². The summed E-state index contributed by atoms with van der Waals surface area (Å²) < 4.78 is 0. The SMILES string of the molecule is CSc1ccc(-c2ccc3c(c2)C(=O)N2CCC(NC(=O)NC(C)C)C2C(=O)N3)cc1. The van der Waals surface area contributed by atoms with Gasteiger partial charge in [-0.1, -0.05) is 18.2 Å². The lowest BCUT2D eigenvalue weighted by Crippen LogP contribution is -2.54. The molecule has 0 spiro atoms. The smallest absolute Gasteiger partial charge is 0.315 e. The first-order valence-corrected chi connectivity index (χ1v) is 11.6. The Labute approximate surface area is 186 Å². The lowest BCUT2D eigenvalue weighted by molar-refractivity contribution is -0.120. The summed E-state index contributed by atoms with van der Waals surface area (Å²) in [6.45, 7) is 4.15. The third-order valence-corrected chi connectivity index (χ3v) is 6.34. The molecule has 2 atom stereocenters. The van der Waals surface area contributed by atoms with Crippen LogP contribution in [-0.4, -0.2) is 53.7 Å².